The van der Waals surface area contributed by atoms with E-state index in [2.05, 4.69) is 5.32 Å². The Morgan fingerprint density at radius 2 is 1.59 bits per heavy atom. The van der Waals surface area contributed by atoms with Gasteiger partial charge in [-0.15, -0.1) is 0 Å². The van der Waals surface area contributed by atoms with Gasteiger partial charge in [0.15, 0.2) is 6.61 Å². The number of esters is 1. The van der Waals surface area contributed by atoms with Crippen LogP contribution in [-0.2, 0) is 23.9 Å². The van der Waals surface area contributed by atoms with Gasteiger partial charge in [-0.25, -0.2) is 0 Å². The van der Waals surface area contributed by atoms with Gasteiger partial charge in [-0.05, 0) is 49.9 Å². The maximum absolute atomic E-state index is 12.3. The van der Waals surface area contributed by atoms with Crippen LogP contribution in [0.15, 0.2) is 18.2 Å². The minimum Gasteiger partial charge on any atom is -0.454 e. The first-order chi connectivity index (χ1) is 12.8. The van der Waals surface area contributed by atoms with Crippen LogP contribution in [0.3, 0.4) is 0 Å². The van der Waals surface area contributed by atoms with Crippen molar-refractivity contribution in [3.05, 3.63) is 29.3 Å². The lowest BCUT2D eigenvalue weighted by molar-refractivity contribution is -0.154. The van der Waals surface area contributed by atoms with Crippen LogP contribution >= 0.6 is 0 Å². The quantitative estimate of drug-likeness (QED) is 0.630. The minimum absolute atomic E-state index is 0.290. The first kappa shape index (κ1) is 19.1. The van der Waals surface area contributed by atoms with E-state index in [1.807, 2.05) is 32.0 Å². The molecular formula is C20H24N2O5. The average Bonchev–Trinajstić information content (AvgIpc) is 2.84. The van der Waals surface area contributed by atoms with Crippen molar-refractivity contribution in [2.24, 2.45) is 11.8 Å². The molecule has 2 aliphatic rings. The van der Waals surface area contributed by atoms with Crippen LogP contribution in [-0.4, -0.2) is 41.7 Å². The molecule has 1 heterocycles. The third-order valence-electron chi connectivity index (χ3n) is 5.09. The predicted octanol–water partition coefficient (Wildman–Crippen LogP) is 1.96. The summed E-state index contributed by atoms with van der Waals surface area (Å²) >= 11 is 0. The fraction of sp³-hybridized carbons (Fsp3) is 0.500. The number of imide groups is 1. The minimum atomic E-state index is -0.758. The Balaban J connectivity index is 1.50. The number of benzene rings is 1. The Morgan fingerprint density at radius 1 is 1.04 bits per heavy atom. The molecule has 3 rings (SSSR count). The van der Waals surface area contributed by atoms with Crippen LogP contribution < -0.4 is 5.32 Å². The van der Waals surface area contributed by atoms with E-state index in [0.717, 1.165) is 28.9 Å². The van der Waals surface area contributed by atoms with Crippen molar-refractivity contribution < 1.29 is 23.9 Å². The van der Waals surface area contributed by atoms with Gasteiger partial charge in [0.1, 0.15) is 6.54 Å². The van der Waals surface area contributed by atoms with E-state index in [4.69, 9.17) is 4.74 Å². The van der Waals surface area contributed by atoms with Crippen molar-refractivity contribution in [1.82, 2.24) is 4.90 Å². The van der Waals surface area contributed by atoms with Crippen LogP contribution in [0.5, 0.6) is 0 Å². The summed E-state index contributed by atoms with van der Waals surface area (Å²) < 4.78 is 4.95. The van der Waals surface area contributed by atoms with E-state index in [9.17, 15) is 19.2 Å². The number of fused-ring (bicyclic) bond motifs is 1. The number of aryl methyl sites for hydroxylation is 2. The van der Waals surface area contributed by atoms with E-state index in [0.29, 0.717) is 18.5 Å². The Bertz CT molecular complexity index is 744. The van der Waals surface area contributed by atoms with Gasteiger partial charge in [0.2, 0.25) is 11.8 Å². The summed E-state index contributed by atoms with van der Waals surface area (Å²) in [6.07, 6.45) is 3.24. The van der Waals surface area contributed by atoms with Gasteiger partial charge in [0.25, 0.3) is 5.91 Å². The zero-order valence-corrected chi connectivity index (χ0v) is 15.6. The first-order valence-electron chi connectivity index (χ1n) is 9.24. The summed E-state index contributed by atoms with van der Waals surface area (Å²) in [5, 5.41) is 2.67. The van der Waals surface area contributed by atoms with Crippen molar-refractivity contribution in [3.8, 4) is 0 Å². The molecule has 0 bridgehead atoms. The first-order valence-corrected chi connectivity index (χ1v) is 9.24. The van der Waals surface area contributed by atoms with E-state index < -0.39 is 25.0 Å². The van der Waals surface area contributed by atoms with Crippen molar-refractivity contribution in [2.45, 2.75) is 39.5 Å². The summed E-state index contributed by atoms with van der Waals surface area (Å²) in [4.78, 5) is 49.7. The highest BCUT2D eigenvalue weighted by Gasteiger charge is 2.48. The number of rotatable bonds is 5. The molecule has 1 saturated heterocycles. The molecular weight excluding hydrogens is 348 g/mol. The second-order valence-corrected chi connectivity index (χ2v) is 7.35. The number of carbonyl (C=O) groups excluding carboxylic acids is 4. The van der Waals surface area contributed by atoms with Crippen LogP contribution in [0.2, 0.25) is 0 Å². The zero-order valence-electron chi connectivity index (χ0n) is 15.6. The number of nitrogens with one attached hydrogen (secondary N) is 1. The Hall–Kier alpha value is -2.70. The highest BCUT2D eigenvalue weighted by molar-refractivity contribution is 6.07. The lowest BCUT2D eigenvalue weighted by Gasteiger charge is -2.19. The number of hydrogen-bond donors (Lipinski definition) is 1. The number of nitrogens with zero attached hydrogens (tertiary/aromatic N) is 1. The molecule has 1 aliphatic carbocycles. The molecule has 144 valence electrons. The largest absolute Gasteiger partial charge is 0.454 e. The molecule has 2 unspecified atom stereocenters. The second-order valence-electron chi connectivity index (χ2n) is 7.35. The van der Waals surface area contributed by atoms with E-state index in [1.54, 1.807) is 0 Å². The third-order valence-corrected chi connectivity index (χ3v) is 5.09. The lowest BCUT2D eigenvalue weighted by atomic mass is 9.81. The molecule has 0 aromatic heterocycles. The molecule has 1 aromatic rings. The van der Waals surface area contributed by atoms with Crippen LogP contribution in [0.25, 0.3) is 0 Å². The summed E-state index contributed by atoms with van der Waals surface area (Å²) in [5.41, 5.74) is 2.65. The molecule has 0 radical (unpaired) electrons. The monoisotopic (exact) mass is 372 g/mol. The normalized spacial score (nSPS) is 21.8. The molecule has 1 saturated carbocycles. The van der Waals surface area contributed by atoms with Crippen LogP contribution in [0.1, 0.15) is 36.8 Å². The molecule has 27 heavy (non-hydrogen) atoms. The SMILES string of the molecule is Cc1cc(C)cc(NC(=O)COC(=O)CN2C(=O)C3CCCCC3C2=O)c1. The molecule has 1 aliphatic heterocycles. The van der Waals surface area contributed by atoms with Gasteiger partial charge < -0.3 is 10.1 Å². The molecule has 2 fully saturated rings. The summed E-state index contributed by atoms with van der Waals surface area (Å²) in [5.74, 6) is -2.41. The molecule has 2 atom stereocenters. The molecule has 7 nitrogen and oxygen atoms in total. The standard InChI is InChI=1S/C20H24N2O5/c1-12-7-13(2)9-14(8-12)21-17(23)11-27-18(24)10-22-19(25)15-5-3-4-6-16(15)20(22)26/h7-9,15-16H,3-6,10-11H2,1-2H3,(H,21,23). The predicted molar refractivity (Wildman–Crippen MR) is 97.7 cm³/mol. The topological polar surface area (TPSA) is 92.8 Å². The smallest absolute Gasteiger partial charge is 0.326 e. The lowest BCUT2D eigenvalue weighted by Crippen LogP contribution is -2.37. The van der Waals surface area contributed by atoms with Crippen molar-refractivity contribution in [2.75, 3.05) is 18.5 Å². The average molecular weight is 372 g/mol. The number of likely N-dealkylation sites (tertiary alicyclic amines) is 1. The van der Waals surface area contributed by atoms with Crippen LogP contribution in [0, 0.1) is 25.7 Å². The Morgan fingerprint density at radius 3 is 2.15 bits per heavy atom. The molecule has 3 amide bonds. The highest BCUT2D eigenvalue weighted by atomic mass is 16.5. The number of amides is 3. The van der Waals surface area contributed by atoms with Gasteiger partial charge in [-0.2, -0.15) is 0 Å². The molecule has 1 aromatic carbocycles. The fourth-order valence-electron chi connectivity index (χ4n) is 3.95. The Kier molecular flexibility index (Phi) is 5.58. The van der Waals surface area contributed by atoms with Crippen molar-refractivity contribution in [3.63, 3.8) is 0 Å². The summed E-state index contributed by atoms with van der Waals surface area (Å²) in [6, 6.07) is 5.61. The third kappa shape index (κ3) is 4.35. The van der Waals surface area contributed by atoms with E-state index in [-0.39, 0.29) is 23.7 Å². The van der Waals surface area contributed by atoms with Crippen LogP contribution in [0.4, 0.5) is 5.69 Å². The maximum atomic E-state index is 12.3. The summed E-state index contributed by atoms with van der Waals surface area (Å²) in [6.45, 7) is 2.95. The number of ether oxygens (including phenoxy) is 1. The maximum Gasteiger partial charge on any atom is 0.326 e. The van der Waals surface area contributed by atoms with Gasteiger partial charge in [0, 0.05) is 5.69 Å². The van der Waals surface area contributed by atoms with E-state index in [1.165, 1.54) is 0 Å². The summed E-state index contributed by atoms with van der Waals surface area (Å²) in [7, 11) is 0. The second kappa shape index (κ2) is 7.90. The number of carbonyl (C=O) groups is 4. The molecule has 0 spiro atoms. The van der Waals surface area contributed by atoms with Gasteiger partial charge in [0.05, 0.1) is 11.8 Å². The van der Waals surface area contributed by atoms with Gasteiger partial charge in [-0.3, -0.25) is 24.1 Å². The van der Waals surface area contributed by atoms with E-state index >= 15 is 0 Å². The molecule has 1 N–H and O–H groups in total. The van der Waals surface area contributed by atoms with Crippen molar-refractivity contribution >= 4 is 29.4 Å². The molecule has 7 heteroatoms. The number of hydrogen-bond acceptors (Lipinski definition) is 5. The van der Waals surface area contributed by atoms with Gasteiger partial charge in [-0.1, -0.05) is 18.9 Å². The fourth-order valence-corrected chi connectivity index (χ4v) is 3.95. The number of anilines is 1. The van der Waals surface area contributed by atoms with Gasteiger partial charge >= 0.3 is 5.97 Å². The highest BCUT2D eigenvalue weighted by Crippen LogP contribution is 2.37. The zero-order chi connectivity index (χ0) is 19.6. The Labute approximate surface area is 158 Å². The van der Waals surface area contributed by atoms with Crippen molar-refractivity contribution in [1.29, 1.82) is 0 Å².